The van der Waals surface area contributed by atoms with Crippen molar-refractivity contribution in [2.45, 2.75) is 44.9 Å². The normalized spacial score (nSPS) is 21.6. The highest BCUT2D eigenvalue weighted by atomic mass is 16.1. The highest BCUT2D eigenvalue weighted by molar-refractivity contribution is 6.04. The molecule has 0 unspecified atom stereocenters. The van der Waals surface area contributed by atoms with Crippen LogP contribution in [0.15, 0.2) is 35.5 Å². The molecule has 0 atom stereocenters. The second-order valence-corrected chi connectivity index (χ2v) is 4.34. The van der Waals surface area contributed by atoms with Gasteiger partial charge in [0, 0.05) is 0 Å². The highest BCUT2D eigenvalue weighted by Gasteiger charge is 2.10. The monoisotopic (exact) mass is 202 g/mol. The summed E-state index contributed by atoms with van der Waals surface area (Å²) in [4.78, 5) is 11.7. The SMILES string of the molecule is O=C(/C=C/C1=CCCCC1)C1=CCCC1. The van der Waals surface area contributed by atoms with Crippen molar-refractivity contribution >= 4 is 5.78 Å². The minimum Gasteiger partial charge on any atom is -0.290 e. The van der Waals surface area contributed by atoms with Crippen LogP contribution in [0.2, 0.25) is 0 Å². The Morgan fingerprint density at radius 2 is 1.93 bits per heavy atom. The lowest BCUT2D eigenvalue weighted by atomic mass is 9.98. The van der Waals surface area contributed by atoms with Gasteiger partial charge in [0.05, 0.1) is 0 Å². The topological polar surface area (TPSA) is 17.1 Å². The predicted molar refractivity (Wildman–Crippen MR) is 62.6 cm³/mol. The first-order valence-corrected chi connectivity index (χ1v) is 5.97. The van der Waals surface area contributed by atoms with Gasteiger partial charge in [0.15, 0.2) is 5.78 Å². The van der Waals surface area contributed by atoms with Crippen LogP contribution in [0.3, 0.4) is 0 Å². The minimum atomic E-state index is 0.221. The number of ketones is 1. The van der Waals surface area contributed by atoms with Gasteiger partial charge >= 0.3 is 0 Å². The molecule has 0 saturated heterocycles. The van der Waals surface area contributed by atoms with Crippen LogP contribution >= 0.6 is 0 Å². The van der Waals surface area contributed by atoms with Crippen molar-refractivity contribution in [2.24, 2.45) is 0 Å². The molecule has 0 amide bonds. The quantitative estimate of drug-likeness (QED) is 0.637. The fraction of sp³-hybridized carbons (Fsp3) is 0.500. The van der Waals surface area contributed by atoms with Crippen molar-refractivity contribution in [2.75, 3.05) is 0 Å². The van der Waals surface area contributed by atoms with E-state index in [1.165, 1.54) is 24.8 Å². The standard InChI is InChI=1S/C14H18O/c15-14(13-8-4-5-9-13)11-10-12-6-2-1-3-7-12/h6,8,10-11H,1-5,7,9H2/b11-10+. The molecule has 0 aromatic carbocycles. The van der Waals surface area contributed by atoms with Crippen molar-refractivity contribution in [3.63, 3.8) is 0 Å². The van der Waals surface area contributed by atoms with Gasteiger partial charge in [-0.05, 0) is 56.6 Å². The van der Waals surface area contributed by atoms with Gasteiger partial charge in [-0.2, -0.15) is 0 Å². The van der Waals surface area contributed by atoms with Gasteiger partial charge in [0.2, 0.25) is 0 Å². The molecule has 0 saturated carbocycles. The molecule has 2 aliphatic carbocycles. The molecular weight excluding hydrogens is 184 g/mol. The van der Waals surface area contributed by atoms with Gasteiger partial charge in [-0.3, -0.25) is 4.79 Å². The number of carbonyl (C=O) groups is 1. The summed E-state index contributed by atoms with van der Waals surface area (Å²) in [5, 5.41) is 0. The summed E-state index contributed by atoms with van der Waals surface area (Å²) < 4.78 is 0. The lowest BCUT2D eigenvalue weighted by Crippen LogP contribution is -1.96. The summed E-state index contributed by atoms with van der Waals surface area (Å²) in [7, 11) is 0. The molecule has 0 aromatic heterocycles. The molecular formula is C14H18O. The Labute approximate surface area is 91.6 Å². The van der Waals surface area contributed by atoms with Crippen LogP contribution in [0.25, 0.3) is 0 Å². The second-order valence-electron chi connectivity index (χ2n) is 4.34. The van der Waals surface area contributed by atoms with E-state index in [2.05, 4.69) is 12.2 Å². The highest BCUT2D eigenvalue weighted by Crippen LogP contribution is 2.21. The molecule has 0 spiro atoms. The number of rotatable bonds is 3. The summed E-state index contributed by atoms with van der Waals surface area (Å²) in [6.45, 7) is 0. The van der Waals surface area contributed by atoms with Crippen LogP contribution in [0.1, 0.15) is 44.9 Å². The third-order valence-corrected chi connectivity index (χ3v) is 3.13. The van der Waals surface area contributed by atoms with Gasteiger partial charge < -0.3 is 0 Å². The second kappa shape index (κ2) is 5.11. The Hall–Kier alpha value is -1.11. The lowest BCUT2D eigenvalue weighted by Gasteiger charge is -2.07. The van der Waals surface area contributed by atoms with E-state index in [0.717, 1.165) is 31.3 Å². The van der Waals surface area contributed by atoms with Crippen molar-refractivity contribution < 1.29 is 4.79 Å². The van der Waals surface area contributed by atoms with Gasteiger partial charge in [0.25, 0.3) is 0 Å². The predicted octanol–water partition coefficient (Wildman–Crippen LogP) is 3.72. The molecule has 0 heterocycles. The maximum Gasteiger partial charge on any atom is 0.181 e. The summed E-state index contributed by atoms with van der Waals surface area (Å²) in [5.41, 5.74) is 2.36. The van der Waals surface area contributed by atoms with Crippen molar-refractivity contribution in [3.8, 4) is 0 Å². The average molecular weight is 202 g/mol. The summed E-state index contributed by atoms with van der Waals surface area (Å²) in [6, 6.07) is 0. The molecule has 0 fully saturated rings. The molecule has 1 nitrogen and oxygen atoms in total. The number of allylic oxidation sites excluding steroid dienone is 6. The zero-order valence-corrected chi connectivity index (χ0v) is 9.17. The third-order valence-electron chi connectivity index (χ3n) is 3.13. The molecule has 1 heteroatoms. The van der Waals surface area contributed by atoms with Crippen molar-refractivity contribution in [1.82, 2.24) is 0 Å². The molecule has 15 heavy (non-hydrogen) atoms. The third kappa shape index (κ3) is 2.92. The first-order chi connectivity index (χ1) is 7.36. The van der Waals surface area contributed by atoms with E-state index in [-0.39, 0.29) is 5.78 Å². The van der Waals surface area contributed by atoms with E-state index in [9.17, 15) is 4.79 Å². The van der Waals surface area contributed by atoms with Gasteiger partial charge in [-0.15, -0.1) is 0 Å². The fourth-order valence-electron chi connectivity index (χ4n) is 2.20. The van der Waals surface area contributed by atoms with Crippen LogP contribution in [0, 0.1) is 0 Å². The van der Waals surface area contributed by atoms with Gasteiger partial charge in [-0.25, -0.2) is 0 Å². The van der Waals surface area contributed by atoms with Crippen LogP contribution in [0.5, 0.6) is 0 Å². The lowest BCUT2D eigenvalue weighted by molar-refractivity contribution is -0.111. The Morgan fingerprint density at radius 1 is 1.07 bits per heavy atom. The smallest absolute Gasteiger partial charge is 0.181 e. The van der Waals surface area contributed by atoms with Gasteiger partial charge in [-0.1, -0.05) is 23.8 Å². The summed E-state index contributed by atoms with van der Waals surface area (Å²) in [6.07, 6.45) is 16.2. The van der Waals surface area contributed by atoms with E-state index >= 15 is 0 Å². The Morgan fingerprint density at radius 3 is 2.60 bits per heavy atom. The van der Waals surface area contributed by atoms with E-state index in [1.54, 1.807) is 6.08 Å². The number of carbonyl (C=O) groups excluding carboxylic acids is 1. The Bertz CT molecular complexity index is 331. The molecule has 0 aliphatic heterocycles. The minimum absolute atomic E-state index is 0.221. The molecule has 0 N–H and O–H groups in total. The zero-order chi connectivity index (χ0) is 10.5. The summed E-state index contributed by atoms with van der Waals surface area (Å²) in [5.74, 6) is 0.221. The maximum absolute atomic E-state index is 11.7. The maximum atomic E-state index is 11.7. The van der Waals surface area contributed by atoms with Crippen molar-refractivity contribution in [3.05, 3.63) is 35.5 Å². The van der Waals surface area contributed by atoms with E-state index in [0.29, 0.717) is 0 Å². The van der Waals surface area contributed by atoms with E-state index in [4.69, 9.17) is 0 Å². The van der Waals surface area contributed by atoms with E-state index < -0.39 is 0 Å². The van der Waals surface area contributed by atoms with Crippen LogP contribution in [-0.2, 0) is 4.79 Å². The number of hydrogen-bond acceptors (Lipinski definition) is 1. The number of hydrogen-bond donors (Lipinski definition) is 0. The first kappa shape index (κ1) is 10.4. The van der Waals surface area contributed by atoms with Crippen LogP contribution < -0.4 is 0 Å². The van der Waals surface area contributed by atoms with Crippen LogP contribution in [0.4, 0.5) is 0 Å². The Kier molecular flexibility index (Phi) is 3.54. The molecule has 2 aliphatic rings. The zero-order valence-electron chi connectivity index (χ0n) is 9.17. The summed E-state index contributed by atoms with van der Waals surface area (Å²) >= 11 is 0. The van der Waals surface area contributed by atoms with Gasteiger partial charge in [0.1, 0.15) is 0 Å². The molecule has 0 radical (unpaired) electrons. The average Bonchev–Trinajstić information content (AvgIpc) is 2.81. The first-order valence-electron chi connectivity index (χ1n) is 5.97. The van der Waals surface area contributed by atoms with Crippen molar-refractivity contribution in [1.29, 1.82) is 0 Å². The van der Waals surface area contributed by atoms with E-state index in [1.807, 2.05) is 6.08 Å². The van der Waals surface area contributed by atoms with Crippen LogP contribution in [-0.4, -0.2) is 5.78 Å². The molecule has 80 valence electrons. The molecule has 0 aromatic rings. The Balaban J connectivity index is 1.92. The molecule has 0 bridgehead atoms. The molecule has 2 rings (SSSR count). The fourth-order valence-corrected chi connectivity index (χ4v) is 2.20. The largest absolute Gasteiger partial charge is 0.290 e.